The molecule has 0 atom stereocenters. The molecule has 0 aromatic heterocycles. The Morgan fingerprint density at radius 2 is 1.81 bits per heavy atom. The minimum atomic E-state index is -3.70. The van der Waals surface area contributed by atoms with Crippen molar-refractivity contribution in [3.8, 4) is 5.75 Å². The van der Waals surface area contributed by atoms with Gasteiger partial charge in [-0.15, -0.1) is 0 Å². The first-order chi connectivity index (χ1) is 14.6. The van der Waals surface area contributed by atoms with Crippen LogP contribution >= 0.6 is 11.6 Å². The van der Waals surface area contributed by atoms with Gasteiger partial charge in [-0.05, 0) is 36.4 Å². The third-order valence-corrected chi connectivity index (χ3v) is 6.83. The van der Waals surface area contributed by atoms with Gasteiger partial charge in [0.05, 0.1) is 34.8 Å². The summed E-state index contributed by atoms with van der Waals surface area (Å²) < 4.78 is 32.1. The first-order valence-corrected chi connectivity index (χ1v) is 11.3. The minimum absolute atomic E-state index is 0.0501. The predicted octanol–water partition coefficient (Wildman–Crippen LogP) is 2.53. The fourth-order valence-electron chi connectivity index (χ4n) is 2.86. The SMILES string of the molecule is CCN(CC)S(=O)(=O)c1ccc(OC)c(NC(=O)CNc2ccc(C(N)=O)c(Cl)c2)c1. The summed E-state index contributed by atoms with van der Waals surface area (Å²) in [5.74, 6) is -0.771. The lowest BCUT2D eigenvalue weighted by Gasteiger charge is -2.19. The van der Waals surface area contributed by atoms with Gasteiger partial charge in [0.25, 0.3) is 0 Å². The van der Waals surface area contributed by atoms with Gasteiger partial charge >= 0.3 is 0 Å². The Kier molecular flexibility index (Phi) is 8.26. The molecule has 4 N–H and O–H groups in total. The summed E-state index contributed by atoms with van der Waals surface area (Å²) in [5.41, 5.74) is 6.12. The number of anilines is 2. The van der Waals surface area contributed by atoms with E-state index in [0.717, 1.165) is 0 Å². The van der Waals surface area contributed by atoms with Gasteiger partial charge in [-0.1, -0.05) is 25.4 Å². The summed E-state index contributed by atoms with van der Waals surface area (Å²) >= 11 is 6.00. The second-order valence-electron chi connectivity index (χ2n) is 6.41. The molecule has 0 bridgehead atoms. The average molecular weight is 469 g/mol. The topological polar surface area (TPSA) is 131 Å². The van der Waals surface area contributed by atoms with Crippen LogP contribution in [-0.4, -0.2) is 51.3 Å². The molecule has 31 heavy (non-hydrogen) atoms. The molecule has 0 aliphatic carbocycles. The van der Waals surface area contributed by atoms with Gasteiger partial charge in [-0.3, -0.25) is 9.59 Å². The molecular weight excluding hydrogens is 444 g/mol. The number of benzene rings is 2. The highest BCUT2D eigenvalue weighted by Gasteiger charge is 2.23. The number of methoxy groups -OCH3 is 1. The first kappa shape index (κ1) is 24.4. The van der Waals surface area contributed by atoms with Crippen molar-refractivity contribution in [3.05, 3.63) is 47.0 Å². The van der Waals surface area contributed by atoms with Gasteiger partial charge in [-0.25, -0.2) is 8.42 Å². The summed E-state index contributed by atoms with van der Waals surface area (Å²) in [7, 11) is -2.28. The van der Waals surface area contributed by atoms with Crippen LogP contribution in [0, 0.1) is 0 Å². The number of sulfonamides is 1. The van der Waals surface area contributed by atoms with Crippen LogP contribution in [0.2, 0.25) is 5.02 Å². The lowest BCUT2D eigenvalue weighted by atomic mass is 10.2. The van der Waals surface area contributed by atoms with E-state index in [0.29, 0.717) is 24.5 Å². The number of nitrogens with zero attached hydrogens (tertiary/aromatic N) is 1. The molecule has 0 saturated carbocycles. The van der Waals surface area contributed by atoms with Crippen molar-refractivity contribution in [2.75, 3.05) is 37.4 Å². The molecule has 2 aromatic carbocycles. The summed E-state index contributed by atoms with van der Waals surface area (Å²) in [6, 6.07) is 8.78. The summed E-state index contributed by atoms with van der Waals surface area (Å²) in [6.45, 7) is 4.02. The van der Waals surface area contributed by atoms with E-state index in [4.69, 9.17) is 22.1 Å². The zero-order valence-electron chi connectivity index (χ0n) is 17.4. The zero-order chi connectivity index (χ0) is 23.2. The third-order valence-electron chi connectivity index (χ3n) is 4.48. The molecule has 9 nitrogen and oxygen atoms in total. The maximum absolute atomic E-state index is 12.8. The molecule has 0 aliphatic rings. The number of ether oxygens (including phenoxy) is 1. The van der Waals surface area contributed by atoms with E-state index in [2.05, 4.69) is 10.6 Å². The van der Waals surface area contributed by atoms with Crippen molar-refractivity contribution < 1.29 is 22.7 Å². The second-order valence-corrected chi connectivity index (χ2v) is 8.76. The molecular formula is C20H25ClN4O5S. The van der Waals surface area contributed by atoms with Gasteiger partial charge in [0.1, 0.15) is 5.75 Å². The number of nitrogens with one attached hydrogen (secondary N) is 2. The average Bonchev–Trinajstić information content (AvgIpc) is 2.72. The number of carbonyl (C=O) groups excluding carboxylic acids is 2. The van der Waals surface area contributed by atoms with Crippen molar-refractivity contribution in [1.29, 1.82) is 0 Å². The standard InChI is InChI=1S/C20H25ClN4O5S/c1-4-25(5-2)31(28,29)14-7-9-18(30-3)17(11-14)24-19(26)12-23-13-6-8-15(20(22)27)16(21)10-13/h6-11,23H,4-5,12H2,1-3H3,(H2,22,27)(H,24,26). The Hall–Kier alpha value is -2.82. The van der Waals surface area contributed by atoms with Crippen LogP contribution in [-0.2, 0) is 14.8 Å². The number of rotatable bonds is 10. The Labute approximate surface area is 186 Å². The Morgan fingerprint density at radius 3 is 2.35 bits per heavy atom. The molecule has 0 fully saturated rings. The first-order valence-electron chi connectivity index (χ1n) is 9.45. The highest BCUT2D eigenvalue weighted by atomic mass is 35.5. The van der Waals surface area contributed by atoms with E-state index in [9.17, 15) is 18.0 Å². The van der Waals surface area contributed by atoms with E-state index < -0.39 is 21.8 Å². The molecule has 11 heteroatoms. The number of carbonyl (C=O) groups is 2. The van der Waals surface area contributed by atoms with Crippen molar-refractivity contribution >= 4 is 44.8 Å². The molecule has 2 aromatic rings. The summed E-state index contributed by atoms with van der Waals surface area (Å²) in [6.07, 6.45) is 0. The van der Waals surface area contributed by atoms with Crippen LogP contribution in [0.1, 0.15) is 24.2 Å². The lowest BCUT2D eigenvalue weighted by Crippen LogP contribution is -2.30. The Balaban J connectivity index is 2.17. The fraction of sp³-hybridized carbons (Fsp3) is 0.300. The quantitative estimate of drug-likeness (QED) is 0.491. The smallest absolute Gasteiger partial charge is 0.250 e. The van der Waals surface area contributed by atoms with Crippen molar-refractivity contribution in [2.45, 2.75) is 18.7 Å². The van der Waals surface area contributed by atoms with Gasteiger partial charge in [-0.2, -0.15) is 4.31 Å². The monoisotopic (exact) mass is 468 g/mol. The van der Waals surface area contributed by atoms with Crippen molar-refractivity contribution in [1.82, 2.24) is 4.31 Å². The fourth-order valence-corrected chi connectivity index (χ4v) is 4.62. The van der Waals surface area contributed by atoms with E-state index in [1.54, 1.807) is 19.9 Å². The van der Waals surface area contributed by atoms with Gasteiger partial charge in [0.15, 0.2) is 0 Å². The van der Waals surface area contributed by atoms with Crippen molar-refractivity contribution in [2.24, 2.45) is 5.73 Å². The van der Waals surface area contributed by atoms with Crippen LogP contribution in [0.25, 0.3) is 0 Å². The molecule has 0 aliphatic heterocycles. The number of hydrogen-bond acceptors (Lipinski definition) is 6. The highest BCUT2D eigenvalue weighted by molar-refractivity contribution is 7.89. The Morgan fingerprint density at radius 1 is 1.13 bits per heavy atom. The second kappa shape index (κ2) is 10.5. The summed E-state index contributed by atoms with van der Waals surface area (Å²) in [5, 5.41) is 5.68. The van der Waals surface area contributed by atoms with Crippen molar-refractivity contribution in [3.63, 3.8) is 0 Å². The molecule has 2 rings (SSSR count). The molecule has 0 spiro atoms. The maximum atomic E-state index is 12.8. The Bertz CT molecular complexity index is 1070. The molecule has 0 unspecified atom stereocenters. The number of primary amides is 1. The molecule has 0 heterocycles. The predicted molar refractivity (Wildman–Crippen MR) is 120 cm³/mol. The number of hydrogen-bond donors (Lipinski definition) is 3. The molecule has 168 valence electrons. The van der Waals surface area contributed by atoms with Crippen LogP contribution in [0.15, 0.2) is 41.3 Å². The van der Waals surface area contributed by atoms with Gasteiger partial charge in [0.2, 0.25) is 21.8 Å². The number of nitrogens with two attached hydrogens (primary N) is 1. The maximum Gasteiger partial charge on any atom is 0.250 e. The van der Waals surface area contributed by atoms with Crippen LogP contribution in [0.3, 0.4) is 0 Å². The van der Waals surface area contributed by atoms with E-state index in [-0.39, 0.29) is 27.7 Å². The van der Waals surface area contributed by atoms with Crippen LogP contribution in [0.4, 0.5) is 11.4 Å². The lowest BCUT2D eigenvalue weighted by molar-refractivity contribution is -0.114. The minimum Gasteiger partial charge on any atom is -0.495 e. The number of halogens is 1. The van der Waals surface area contributed by atoms with E-state index in [1.165, 1.54) is 41.7 Å². The van der Waals surface area contributed by atoms with E-state index >= 15 is 0 Å². The zero-order valence-corrected chi connectivity index (χ0v) is 19.0. The van der Waals surface area contributed by atoms with Gasteiger partial charge < -0.3 is 21.1 Å². The van der Waals surface area contributed by atoms with E-state index in [1.807, 2.05) is 0 Å². The van der Waals surface area contributed by atoms with Crippen LogP contribution in [0.5, 0.6) is 5.75 Å². The third kappa shape index (κ3) is 5.87. The van der Waals surface area contributed by atoms with Crippen LogP contribution < -0.4 is 21.1 Å². The summed E-state index contributed by atoms with van der Waals surface area (Å²) in [4.78, 5) is 23.7. The molecule has 0 radical (unpaired) electrons. The largest absolute Gasteiger partial charge is 0.495 e. The highest BCUT2D eigenvalue weighted by Crippen LogP contribution is 2.29. The molecule has 2 amide bonds. The molecule has 0 saturated heterocycles. The normalized spacial score (nSPS) is 11.3. The van der Waals surface area contributed by atoms with Gasteiger partial charge in [0, 0.05) is 18.8 Å². The number of amides is 2.